The van der Waals surface area contributed by atoms with Crippen molar-refractivity contribution >= 4 is 23.6 Å². The van der Waals surface area contributed by atoms with Crippen molar-refractivity contribution < 1.29 is 19.4 Å². The summed E-state index contributed by atoms with van der Waals surface area (Å²) in [6.45, 7) is 2.43. The van der Waals surface area contributed by atoms with Gasteiger partial charge < -0.3 is 15.2 Å². The molecule has 2 aromatic carbocycles. The van der Waals surface area contributed by atoms with E-state index in [1.807, 2.05) is 31.2 Å². The first-order valence-electron chi connectivity index (χ1n) is 8.41. The van der Waals surface area contributed by atoms with Crippen molar-refractivity contribution in [3.05, 3.63) is 65.2 Å². The fraction of sp³-hybridized carbons (Fsp3) is 0.300. The van der Waals surface area contributed by atoms with E-state index < -0.39 is 17.4 Å². The van der Waals surface area contributed by atoms with Crippen LogP contribution >= 0.6 is 11.8 Å². The first-order valence-corrected chi connectivity index (χ1v) is 9.56. The van der Waals surface area contributed by atoms with Crippen molar-refractivity contribution in [2.45, 2.75) is 25.5 Å². The smallest absolute Gasteiger partial charge is 0.330 e. The topological polar surface area (TPSA) is 75.6 Å². The summed E-state index contributed by atoms with van der Waals surface area (Å²) >= 11 is 1.54. The highest BCUT2D eigenvalue weighted by atomic mass is 32.2. The molecule has 2 N–H and O–H groups in total. The van der Waals surface area contributed by atoms with Crippen LogP contribution in [0.3, 0.4) is 0 Å². The van der Waals surface area contributed by atoms with E-state index >= 15 is 0 Å². The lowest BCUT2D eigenvalue weighted by molar-refractivity contribution is -0.143. The molecule has 1 aliphatic heterocycles. The SMILES string of the molecule is Cc1cccc(COc2cccc(C(=O)NC3(C(=O)O)CCSC3)c2)c1. The molecule has 0 radical (unpaired) electrons. The molecule has 1 saturated heterocycles. The van der Waals surface area contributed by atoms with Gasteiger partial charge in [-0.2, -0.15) is 11.8 Å². The molecule has 0 aromatic heterocycles. The molecule has 1 amide bonds. The fourth-order valence-electron chi connectivity index (χ4n) is 2.87. The second-order valence-electron chi connectivity index (χ2n) is 6.45. The summed E-state index contributed by atoms with van der Waals surface area (Å²) in [4.78, 5) is 24.1. The van der Waals surface area contributed by atoms with Gasteiger partial charge in [0.25, 0.3) is 5.91 Å². The highest BCUT2D eigenvalue weighted by molar-refractivity contribution is 7.99. The van der Waals surface area contributed by atoms with Crippen molar-refractivity contribution in [2.24, 2.45) is 0 Å². The van der Waals surface area contributed by atoms with E-state index in [1.165, 1.54) is 11.8 Å². The molecule has 1 unspecified atom stereocenters. The van der Waals surface area contributed by atoms with Gasteiger partial charge in [0.2, 0.25) is 0 Å². The Bertz CT molecular complexity index is 815. The summed E-state index contributed by atoms with van der Waals surface area (Å²) in [7, 11) is 0. The minimum atomic E-state index is -1.18. The second kappa shape index (κ2) is 7.83. The molecule has 136 valence electrons. The average molecular weight is 371 g/mol. The van der Waals surface area contributed by atoms with E-state index in [0.717, 1.165) is 16.9 Å². The van der Waals surface area contributed by atoms with E-state index in [0.29, 0.717) is 30.1 Å². The van der Waals surface area contributed by atoms with Gasteiger partial charge >= 0.3 is 5.97 Å². The zero-order valence-electron chi connectivity index (χ0n) is 14.5. The Morgan fingerprint density at radius 3 is 2.73 bits per heavy atom. The van der Waals surface area contributed by atoms with Gasteiger partial charge in [0.05, 0.1) is 0 Å². The number of nitrogens with one attached hydrogen (secondary N) is 1. The number of hydrogen-bond donors (Lipinski definition) is 2. The molecule has 2 aromatic rings. The number of hydrogen-bond acceptors (Lipinski definition) is 4. The molecule has 3 rings (SSSR count). The molecule has 1 fully saturated rings. The fourth-order valence-corrected chi connectivity index (χ4v) is 4.20. The Morgan fingerprint density at radius 2 is 2.04 bits per heavy atom. The highest BCUT2D eigenvalue weighted by Crippen LogP contribution is 2.29. The van der Waals surface area contributed by atoms with Crippen LogP contribution in [0.2, 0.25) is 0 Å². The predicted octanol–water partition coefficient (Wildman–Crippen LogP) is 3.26. The van der Waals surface area contributed by atoms with Gasteiger partial charge in [-0.25, -0.2) is 4.79 Å². The van der Waals surface area contributed by atoms with Crippen molar-refractivity contribution in [1.82, 2.24) is 5.32 Å². The van der Waals surface area contributed by atoms with Gasteiger partial charge in [-0.05, 0) is 42.9 Å². The summed E-state index contributed by atoms with van der Waals surface area (Å²) < 4.78 is 5.78. The summed E-state index contributed by atoms with van der Waals surface area (Å²) in [6, 6.07) is 14.8. The Hall–Kier alpha value is -2.47. The molecule has 0 spiro atoms. The van der Waals surface area contributed by atoms with Crippen LogP contribution in [0.1, 0.15) is 27.9 Å². The van der Waals surface area contributed by atoms with Crippen molar-refractivity contribution in [2.75, 3.05) is 11.5 Å². The molecule has 1 heterocycles. The zero-order valence-corrected chi connectivity index (χ0v) is 15.3. The normalized spacial score (nSPS) is 19.1. The quantitative estimate of drug-likeness (QED) is 0.815. The first kappa shape index (κ1) is 18.3. The number of carbonyl (C=O) groups is 2. The van der Waals surface area contributed by atoms with Crippen LogP contribution in [0, 0.1) is 6.92 Å². The van der Waals surface area contributed by atoms with E-state index in [2.05, 4.69) is 5.32 Å². The molecule has 5 nitrogen and oxygen atoms in total. The average Bonchev–Trinajstić information content (AvgIpc) is 3.10. The Kier molecular flexibility index (Phi) is 5.52. The molecule has 1 aliphatic rings. The maximum absolute atomic E-state index is 12.5. The van der Waals surface area contributed by atoms with Gasteiger partial charge in [0, 0.05) is 11.3 Å². The summed E-state index contributed by atoms with van der Waals surface area (Å²) in [5, 5.41) is 12.2. The van der Waals surface area contributed by atoms with Crippen LogP contribution in [-0.2, 0) is 11.4 Å². The largest absolute Gasteiger partial charge is 0.489 e. The van der Waals surface area contributed by atoms with Gasteiger partial charge in [-0.1, -0.05) is 35.9 Å². The van der Waals surface area contributed by atoms with Crippen molar-refractivity contribution in [3.8, 4) is 5.75 Å². The molecular formula is C20H21NO4S. The number of carbonyl (C=O) groups excluding carboxylic acids is 1. The molecule has 1 atom stereocenters. The van der Waals surface area contributed by atoms with Crippen LogP contribution in [0.5, 0.6) is 5.75 Å². The first-order chi connectivity index (χ1) is 12.5. The van der Waals surface area contributed by atoms with Gasteiger partial charge in [-0.15, -0.1) is 0 Å². The number of aliphatic carboxylic acids is 1. The molecule has 6 heteroatoms. The number of benzene rings is 2. The summed E-state index contributed by atoms with van der Waals surface area (Å²) in [5.41, 5.74) is 1.42. The summed E-state index contributed by atoms with van der Waals surface area (Å²) in [6.07, 6.45) is 0.433. The van der Waals surface area contributed by atoms with Crippen LogP contribution in [-0.4, -0.2) is 34.0 Å². The number of aryl methyl sites for hydroxylation is 1. The Morgan fingerprint density at radius 1 is 1.23 bits per heavy atom. The van der Waals surface area contributed by atoms with Gasteiger partial charge in [-0.3, -0.25) is 4.79 Å². The summed E-state index contributed by atoms with van der Waals surface area (Å²) in [5.74, 6) is 0.312. The van der Waals surface area contributed by atoms with Gasteiger partial charge in [0.15, 0.2) is 0 Å². The van der Waals surface area contributed by atoms with Crippen LogP contribution in [0.4, 0.5) is 0 Å². The van der Waals surface area contributed by atoms with Crippen LogP contribution < -0.4 is 10.1 Å². The second-order valence-corrected chi connectivity index (χ2v) is 7.55. The van der Waals surface area contributed by atoms with E-state index in [1.54, 1.807) is 24.3 Å². The monoisotopic (exact) mass is 371 g/mol. The number of carboxylic acids is 1. The molecule has 0 saturated carbocycles. The Labute approximate surface area is 156 Å². The van der Waals surface area contributed by atoms with Crippen molar-refractivity contribution in [1.29, 1.82) is 0 Å². The van der Waals surface area contributed by atoms with Crippen molar-refractivity contribution in [3.63, 3.8) is 0 Å². The Balaban J connectivity index is 1.68. The minimum Gasteiger partial charge on any atom is -0.489 e. The third-order valence-electron chi connectivity index (χ3n) is 4.37. The van der Waals surface area contributed by atoms with Gasteiger partial charge in [0.1, 0.15) is 17.9 Å². The van der Waals surface area contributed by atoms with E-state index in [4.69, 9.17) is 4.74 Å². The molecule has 26 heavy (non-hydrogen) atoms. The van der Waals surface area contributed by atoms with Crippen LogP contribution in [0.25, 0.3) is 0 Å². The lowest BCUT2D eigenvalue weighted by Gasteiger charge is -2.24. The number of thioether (sulfide) groups is 1. The molecule has 0 aliphatic carbocycles. The van der Waals surface area contributed by atoms with Crippen LogP contribution in [0.15, 0.2) is 48.5 Å². The highest BCUT2D eigenvalue weighted by Gasteiger charge is 2.43. The van der Waals surface area contributed by atoms with E-state index in [9.17, 15) is 14.7 Å². The predicted molar refractivity (Wildman–Crippen MR) is 102 cm³/mol. The minimum absolute atomic E-state index is 0.387. The lowest BCUT2D eigenvalue weighted by atomic mass is 9.98. The third kappa shape index (κ3) is 4.19. The maximum atomic E-state index is 12.5. The number of carboxylic acid groups (broad SMARTS) is 1. The van der Waals surface area contributed by atoms with E-state index in [-0.39, 0.29) is 0 Å². The zero-order chi connectivity index (χ0) is 18.6. The number of ether oxygens (including phenoxy) is 1. The third-order valence-corrected chi connectivity index (χ3v) is 5.56. The number of rotatable bonds is 6. The lowest BCUT2D eigenvalue weighted by Crippen LogP contribution is -2.54. The molecule has 0 bridgehead atoms. The standard InChI is InChI=1S/C20H21NO4S/c1-14-4-2-5-15(10-14)12-25-17-7-3-6-16(11-17)18(22)21-20(19(23)24)8-9-26-13-20/h2-7,10-11H,8-9,12-13H2,1H3,(H,21,22)(H,23,24). The number of amides is 1. The maximum Gasteiger partial charge on any atom is 0.330 e. The molecular weight excluding hydrogens is 350 g/mol.